The molecule has 1 unspecified atom stereocenters. The Morgan fingerprint density at radius 2 is 1.79 bits per heavy atom. The van der Waals surface area contributed by atoms with Crippen molar-refractivity contribution in [3.63, 3.8) is 0 Å². The Morgan fingerprint density at radius 3 is 2.36 bits per heavy atom. The first-order chi connectivity index (χ1) is 13.4. The molecule has 0 N–H and O–H groups in total. The number of hydrogen-bond acceptors (Lipinski definition) is 3. The van der Waals surface area contributed by atoms with Crippen LogP contribution in [-0.2, 0) is 4.79 Å². The van der Waals surface area contributed by atoms with Crippen molar-refractivity contribution in [3.8, 4) is 0 Å². The van der Waals surface area contributed by atoms with Gasteiger partial charge in [0, 0.05) is 44.8 Å². The molecule has 1 atom stereocenters. The second kappa shape index (κ2) is 9.47. The van der Waals surface area contributed by atoms with Crippen molar-refractivity contribution in [1.29, 1.82) is 0 Å². The smallest absolute Gasteiger partial charge is 0.255 e. The van der Waals surface area contributed by atoms with E-state index < -0.39 is 0 Å². The zero-order valence-corrected chi connectivity index (χ0v) is 18.2. The lowest BCUT2D eigenvalue weighted by Crippen LogP contribution is -2.58. The Labute approximate surface area is 177 Å². The van der Waals surface area contributed by atoms with E-state index in [1.807, 2.05) is 23.8 Å². The van der Waals surface area contributed by atoms with Crippen LogP contribution < -0.4 is 0 Å². The van der Waals surface area contributed by atoms with Gasteiger partial charge < -0.3 is 9.80 Å². The zero-order valence-electron chi connectivity index (χ0n) is 16.7. The molecule has 1 saturated heterocycles. The van der Waals surface area contributed by atoms with Gasteiger partial charge in [-0.05, 0) is 43.9 Å². The van der Waals surface area contributed by atoms with E-state index in [9.17, 15) is 9.59 Å². The van der Waals surface area contributed by atoms with Gasteiger partial charge in [0.05, 0.1) is 16.6 Å². The van der Waals surface area contributed by atoms with E-state index in [1.54, 1.807) is 18.2 Å². The van der Waals surface area contributed by atoms with Gasteiger partial charge in [-0.1, -0.05) is 36.0 Å². The maximum absolute atomic E-state index is 13.0. The highest BCUT2D eigenvalue weighted by Gasteiger charge is 2.38. The first-order valence-electron chi connectivity index (χ1n) is 10.2. The molecule has 1 aromatic rings. The number of nitrogens with zero attached hydrogens (tertiary/aromatic N) is 3. The summed E-state index contributed by atoms with van der Waals surface area (Å²) in [4.78, 5) is 31.8. The number of rotatable bonds is 5. The van der Waals surface area contributed by atoms with Crippen molar-refractivity contribution < 1.29 is 9.59 Å². The highest BCUT2D eigenvalue weighted by atomic mass is 35.5. The summed E-state index contributed by atoms with van der Waals surface area (Å²) in [6.07, 6.45) is 4.65. The van der Waals surface area contributed by atoms with Crippen molar-refractivity contribution in [2.45, 2.75) is 38.6 Å². The van der Waals surface area contributed by atoms with E-state index in [2.05, 4.69) is 4.90 Å². The van der Waals surface area contributed by atoms with Crippen molar-refractivity contribution >= 4 is 35.0 Å². The third-order valence-electron chi connectivity index (χ3n) is 6.11. The minimum atomic E-state index is -0.0734. The molecule has 0 aromatic heterocycles. The lowest BCUT2D eigenvalue weighted by molar-refractivity contribution is -0.138. The Hall–Kier alpha value is -1.30. The summed E-state index contributed by atoms with van der Waals surface area (Å²) in [6, 6.07) is 4.90. The van der Waals surface area contributed by atoms with Crippen LogP contribution in [0.4, 0.5) is 0 Å². The van der Waals surface area contributed by atoms with Crippen LogP contribution in [0.2, 0.25) is 10.0 Å². The predicted octanol–water partition coefficient (Wildman–Crippen LogP) is 3.79. The summed E-state index contributed by atoms with van der Waals surface area (Å²) >= 11 is 12.1. The van der Waals surface area contributed by atoms with Gasteiger partial charge in [-0.15, -0.1) is 0 Å². The van der Waals surface area contributed by atoms with Crippen LogP contribution in [-0.4, -0.2) is 72.3 Å². The third-order valence-corrected chi connectivity index (χ3v) is 6.65. The third kappa shape index (κ3) is 4.64. The van der Waals surface area contributed by atoms with Crippen LogP contribution in [0.25, 0.3) is 0 Å². The lowest BCUT2D eigenvalue weighted by Gasteiger charge is -2.42. The largest absolute Gasteiger partial charge is 0.345 e. The molecule has 1 aliphatic carbocycles. The highest BCUT2D eigenvalue weighted by molar-refractivity contribution is 6.36. The molecule has 0 bridgehead atoms. The van der Waals surface area contributed by atoms with Gasteiger partial charge >= 0.3 is 0 Å². The molecule has 154 valence electrons. The fourth-order valence-electron chi connectivity index (χ4n) is 4.35. The second-order valence-corrected chi connectivity index (χ2v) is 8.64. The Bertz CT molecular complexity index is 714. The number of amides is 2. The predicted molar refractivity (Wildman–Crippen MR) is 113 cm³/mol. The molecule has 3 rings (SSSR count). The van der Waals surface area contributed by atoms with Gasteiger partial charge in [0.1, 0.15) is 0 Å². The number of benzene rings is 1. The molecule has 2 amide bonds. The second-order valence-electron chi connectivity index (χ2n) is 7.79. The number of halogens is 2. The molecule has 28 heavy (non-hydrogen) atoms. The number of piperazine rings is 1. The molecule has 0 radical (unpaired) electrons. The van der Waals surface area contributed by atoms with E-state index in [1.165, 1.54) is 12.8 Å². The van der Waals surface area contributed by atoms with Crippen molar-refractivity contribution in [3.05, 3.63) is 33.8 Å². The van der Waals surface area contributed by atoms with E-state index in [0.717, 1.165) is 19.4 Å². The molecule has 1 aliphatic heterocycles. The van der Waals surface area contributed by atoms with Crippen LogP contribution >= 0.6 is 23.2 Å². The maximum atomic E-state index is 13.0. The Balaban J connectivity index is 1.68. The molecule has 5 nitrogen and oxygen atoms in total. The number of hydrogen-bond donors (Lipinski definition) is 0. The number of likely N-dealkylation sites (N-methyl/N-ethyl adjacent to an activating group) is 1. The van der Waals surface area contributed by atoms with Crippen LogP contribution in [0.5, 0.6) is 0 Å². The van der Waals surface area contributed by atoms with Crippen molar-refractivity contribution in [2.75, 3.05) is 39.8 Å². The fraction of sp³-hybridized carbons (Fsp3) is 0.619. The Morgan fingerprint density at radius 1 is 1.14 bits per heavy atom. The topological polar surface area (TPSA) is 43.9 Å². The maximum Gasteiger partial charge on any atom is 0.255 e. The molecule has 1 saturated carbocycles. The normalized spacial score (nSPS) is 19.6. The summed E-state index contributed by atoms with van der Waals surface area (Å²) in [6.45, 7) is 5.35. The van der Waals surface area contributed by atoms with Crippen LogP contribution in [0.3, 0.4) is 0 Å². The van der Waals surface area contributed by atoms with Gasteiger partial charge in [-0.3, -0.25) is 14.5 Å². The first kappa shape index (κ1) is 21.4. The van der Waals surface area contributed by atoms with Crippen molar-refractivity contribution in [1.82, 2.24) is 14.7 Å². The molecular weight excluding hydrogens is 397 g/mol. The summed E-state index contributed by atoms with van der Waals surface area (Å²) < 4.78 is 0. The zero-order chi connectivity index (χ0) is 20.3. The quantitative estimate of drug-likeness (QED) is 0.720. The van der Waals surface area contributed by atoms with E-state index in [-0.39, 0.29) is 17.9 Å². The monoisotopic (exact) mass is 425 g/mol. The molecular formula is C21H29Cl2N3O2. The van der Waals surface area contributed by atoms with Crippen LogP contribution in [0, 0.1) is 5.92 Å². The number of carbonyl (C=O) groups is 2. The molecule has 1 heterocycles. The van der Waals surface area contributed by atoms with E-state index in [4.69, 9.17) is 23.2 Å². The molecule has 1 aromatic carbocycles. The van der Waals surface area contributed by atoms with Gasteiger partial charge in [0.2, 0.25) is 5.91 Å². The van der Waals surface area contributed by atoms with Gasteiger partial charge in [0.15, 0.2) is 0 Å². The molecule has 7 heteroatoms. The molecule has 2 fully saturated rings. The number of carbonyl (C=O) groups excluding carboxylic acids is 2. The average Bonchev–Trinajstić information content (AvgIpc) is 3.21. The Kier molecular flexibility index (Phi) is 7.24. The fourth-order valence-corrected chi connectivity index (χ4v) is 4.84. The molecule has 2 aliphatic rings. The van der Waals surface area contributed by atoms with Crippen LogP contribution in [0.15, 0.2) is 18.2 Å². The minimum Gasteiger partial charge on any atom is -0.345 e. The molecule has 0 spiro atoms. The first-order valence-corrected chi connectivity index (χ1v) is 10.9. The summed E-state index contributed by atoms with van der Waals surface area (Å²) in [5, 5.41) is 0.896. The van der Waals surface area contributed by atoms with Gasteiger partial charge in [-0.2, -0.15) is 0 Å². The summed E-state index contributed by atoms with van der Waals surface area (Å²) in [5.41, 5.74) is 0.480. The van der Waals surface area contributed by atoms with Crippen molar-refractivity contribution in [2.24, 2.45) is 5.92 Å². The highest BCUT2D eigenvalue weighted by Crippen LogP contribution is 2.32. The van der Waals surface area contributed by atoms with Crippen LogP contribution in [0.1, 0.15) is 43.0 Å². The SMILES string of the molecule is CCN(C)C(=O)C(C1CCCC1)N1CCN(C(=O)c2ccc(Cl)cc2Cl)CC1. The minimum absolute atomic E-state index is 0.0659. The summed E-state index contributed by atoms with van der Waals surface area (Å²) in [7, 11) is 1.88. The van der Waals surface area contributed by atoms with E-state index in [0.29, 0.717) is 47.7 Å². The average molecular weight is 426 g/mol. The van der Waals surface area contributed by atoms with E-state index >= 15 is 0 Å². The van der Waals surface area contributed by atoms with Gasteiger partial charge in [-0.25, -0.2) is 0 Å². The van der Waals surface area contributed by atoms with Gasteiger partial charge in [0.25, 0.3) is 5.91 Å². The standard InChI is InChI=1S/C21H29Cl2N3O2/c1-3-24(2)21(28)19(15-6-4-5-7-15)25-10-12-26(13-11-25)20(27)17-9-8-16(22)14-18(17)23/h8-9,14-15,19H,3-7,10-13H2,1-2H3. The summed E-state index contributed by atoms with van der Waals surface area (Å²) in [5.74, 6) is 0.570. The lowest BCUT2D eigenvalue weighted by atomic mass is 9.94.